The molecule has 1 unspecified atom stereocenters. The molecule has 2 aromatic carbocycles. The van der Waals surface area contributed by atoms with E-state index in [-0.39, 0.29) is 23.9 Å². The minimum Gasteiger partial charge on any atom is -0.350 e. The lowest BCUT2D eigenvalue weighted by atomic mass is 10.1. The van der Waals surface area contributed by atoms with Gasteiger partial charge >= 0.3 is 6.03 Å². The van der Waals surface area contributed by atoms with Crippen LogP contribution in [-0.4, -0.2) is 41.4 Å². The summed E-state index contributed by atoms with van der Waals surface area (Å²) in [6.45, 7) is 4.71. The van der Waals surface area contributed by atoms with E-state index in [0.29, 0.717) is 30.8 Å². The second kappa shape index (κ2) is 10.4. The maximum Gasteiger partial charge on any atom is 0.319 e. The number of nitrogens with zero attached hydrogens (tertiary/aromatic N) is 1. The van der Waals surface area contributed by atoms with E-state index >= 15 is 0 Å². The molecule has 8 heteroatoms. The molecule has 1 atom stereocenters. The number of benzene rings is 2. The SMILES string of the molecule is CC(C)NC(=O)Nc1ccc(CNC(=O)C2CCCN2C(=O)c2ccc(Br)cc2)cc1. The lowest BCUT2D eigenvalue weighted by Crippen LogP contribution is -2.45. The number of urea groups is 1. The minimum absolute atomic E-state index is 0.0558. The summed E-state index contributed by atoms with van der Waals surface area (Å²) in [5, 5.41) is 8.46. The molecule has 31 heavy (non-hydrogen) atoms. The Morgan fingerprint density at radius 2 is 1.74 bits per heavy atom. The average Bonchev–Trinajstić information content (AvgIpc) is 3.22. The van der Waals surface area contributed by atoms with Crippen molar-refractivity contribution in [3.63, 3.8) is 0 Å². The van der Waals surface area contributed by atoms with Crippen LogP contribution in [0.1, 0.15) is 42.6 Å². The van der Waals surface area contributed by atoms with E-state index in [1.807, 2.05) is 38.1 Å². The fourth-order valence-corrected chi connectivity index (χ4v) is 3.75. The number of carbonyl (C=O) groups excluding carboxylic acids is 3. The summed E-state index contributed by atoms with van der Waals surface area (Å²) in [5.74, 6) is -0.276. The van der Waals surface area contributed by atoms with Crippen molar-refractivity contribution in [3.8, 4) is 0 Å². The maximum absolute atomic E-state index is 12.8. The fraction of sp³-hybridized carbons (Fsp3) is 0.348. The third-order valence-corrected chi connectivity index (χ3v) is 5.53. The first-order valence-electron chi connectivity index (χ1n) is 10.3. The molecule has 1 aliphatic heterocycles. The van der Waals surface area contributed by atoms with Crippen molar-refractivity contribution in [1.82, 2.24) is 15.5 Å². The van der Waals surface area contributed by atoms with Crippen molar-refractivity contribution in [2.45, 2.75) is 45.3 Å². The normalized spacial score (nSPS) is 15.6. The molecule has 4 amide bonds. The first kappa shape index (κ1) is 22.8. The van der Waals surface area contributed by atoms with Gasteiger partial charge in [0, 0.05) is 34.9 Å². The van der Waals surface area contributed by atoms with Crippen LogP contribution in [-0.2, 0) is 11.3 Å². The van der Waals surface area contributed by atoms with Crippen LogP contribution in [0, 0.1) is 0 Å². The summed E-state index contributed by atoms with van der Waals surface area (Å²) in [4.78, 5) is 39.0. The molecule has 0 aromatic heterocycles. The molecule has 7 nitrogen and oxygen atoms in total. The van der Waals surface area contributed by atoms with Gasteiger partial charge in [-0.15, -0.1) is 0 Å². The molecular weight excluding hydrogens is 460 g/mol. The Morgan fingerprint density at radius 3 is 2.39 bits per heavy atom. The van der Waals surface area contributed by atoms with Gasteiger partial charge < -0.3 is 20.9 Å². The third kappa shape index (κ3) is 6.30. The molecule has 164 valence electrons. The zero-order chi connectivity index (χ0) is 22.4. The molecule has 3 rings (SSSR count). The van der Waals surface area contributed by atoms with E-state index < -0.39 is 6.04 Å². The summed E-state index contributed by atoms with van der Waals surface area (Å²) >= 11 is 3.37. The predicted octanol–water partition coefficient (Wildman–Crippen LogP) is 3.90. The third-order valence-electron chi connectivity index (χ3n) is 5.01. The highest BCUT2D eigenvalue weighted by molar-refractivity contribution is 9.10. The summed E-state index contributed by atoms with van der Waals surface area (Å²) in [6.07, 6.45) is 1.46. The Morgan fingerprint density at radius 1 is 1.06 bits per heavy atom. The van der Waals surface area contributed by atoms with Crippen LogP contribution in [0.25, 0.3) is 0 Å². The Labute approximate surface area is 190 Å². The van der Waals surface area contributed by atoms with E-state index in [4.69, 9.17) is 0 Å². The van der Waals surface area contributed by atoms with Crippen LogP contribution in [0.5, 0.6) is 0 Å². The average molecular weight is 487 g/mol. The summed E-state index contributed by atoms with van der Waals surface area (Å²) in [6, 6.07) is 13.8. The van der Waals surface area contributed by atoms with Gasteiger partial charge in [0.1, 0.15) is 6.04 Å². The van der Waals surface area contributed by atoms with Gasteiger partial charge in [0.25, 0.3) is 5.91 Å². The molecule has 1 heterocycles. The number of nitrogens with one attached hydrogen (secondary N) is 3. The molecule has 2 aromatic rings. The zero-order valence-corrected chi connectivity index (χ0v) is 19.2. The van der Waals surface area contributed by atoms with Crippen LogP contribution >= 0.6 is 15.9 Å². The van der Waals surface area contributed by atoms with Crippen LogP contribution < -0.4 is 16.0 Å². The van der Waals surface area contributed by atoms with Gasteiger partial charge in [-0.25, -0.2) is 4.79 Å². The lowest BCUT2D eigenvalue weighted by molar-refractivity contribution is -0.125. The van der Waals surface area contributed by atoms with Gasteiger partial charge in [-0.3, -0.25) is 9.59 Å². The van der Waals surface area contributed by atoms with Gasteiger partial charge in [-0.05, 0) is 68.7 Å². The highest BCUT2D eigenvalue weighted by atomic mass is 79.9. The molecule has 0 saturated carbocycles. The fourth-order valence-electron chi connectivity index (χ4n) is 3.48. The number of likely N-dealkylation sites (tertiary alicyclic amines) is 1. The largest absolute Gasteiger partial charge is 0.350 e. The molecule has 0 bridgehead atoms. The Balaban J connectivity index is 1.54. The van der Waals surface area contributed by atoms with Crippen molar-refractivity contribution < 1.29 is 14.4 Å². The summed E-state index contributed by atoms with van der Waals surface area (Å²) in [7, 11) is 0. The molecule has 0 aliphatic carbocycles. The highest BCUT2D eigenvalue weighted by Gasteiger charge is 2.34. The van der Waals surface area contributed by atoms with Gasteiger partial charge in [0.2, 0.25) is 5.91 Å². The number of anilines is 1. The molecule has 1 fully saturated rings. The minimum atomic E-state index is -0.461. The predicted molar refractivity (Wildman–Crippen MR) is 124 cm³/mol. The van der Waals surface area contributed by atoms with E-state index in [9.17, 15) is 14.4 Å². The zero-order valence-electron chi connectivity index (χ0n) is 17.7. The van der Waals surface area contributed by atoms with Gasteiger partial charge in [-0.2, -0.15) is 0 Å². The van der Waals surface area contributed by atoms with Gasteiger partial charge in [-0.1, -0.05) is 28.1 Å². The van der Waals surface area contributed by atoms with Crippen molar-refractivity contribution in [1.29, 1.82) is 0 Å². The molecule has 1 aliphatic rings. The summed E-state index contributed by atoms with van der Waals surface area (Å²) < 4.78 is 0.904. The number of hydrogen-bond donors (Lipinski definition) is 3. The smallest absolute Gasteiger partial charge is 0.319 e. The van der Waals surface area contributed by atoms with Crippen LogP contribution in [0.4, 0.5) is 10.5 Å². The number of rotatable bonds is 6. The first-order valence-corrected chi connectivity index (χ1v) is 11.1. The lowest BCUT2D eigenvalue weighted by Gasteiger charge is -2.24. The van der Waals surface area contributed by atoms with Crippen molar-refractivity contribution in [2.24, 2.45) is 0 Å². The number of halogens is 1. The molecule has 0 spiro atoms. The van der Waals surface area contributed by atoms with E-state index in [2.05, 4.69) is 31.9 Å². The van der Waals surface area contributed by atoms with Crippen LogP contribution in [0.15, 0.2) is 53.0 Å². The second-order valence-corrected chi connectivity index (χ2v) is 8.75. The van der Waals surface area contributed by atoms with Gasteiger partial charge in [0.15, 0.2) is 0 Å². The van der Waals surface area contributed by atoms with Crippen LogP contribution in [0.2, 0.25) is 0 Å². The Hall–Kier alpha value is -2.87. The van der Waals surface area contributed by atoms with Crippen molar-refractivity contribution in [2.75, 3.05) is 11.9 Å². The quantitative estimate of drug-likeness (QED) is 0.578. The van der Waals surface area contributed by atoms with Crippen molar-refractivity contribution >= 4 is 39.5 Å². The Bertz CT molecular complexity index is 929. The number of amides is 4. The number of hydrogen-bond acceptors (Lipinski definition) is 3. The monoisotopic (exact) mass is 486 g/mol. The molecule has 0 radical (unpaired) electrons. The second-order valence-electron chi connectivity index (χ2n) is 7.83. The Kier molecular flexibility index (Phi) is 7.68. The molecular formula is C23H27BrN4O3. The maximum atomic E-state index is 12.8. The van der Waals surface area contributed by atoms with E-state index in [1.54, 1.807) is 29.2 Å². The first-order chi connectivity index (χ1) is 14.8. The summed E-state index contributed by atoms with van der Waals surface area (Å²) in [5.41, 5.74) is 2.16. The highest BCUT2D eigenvalue weighted by Crippen LogP contribution is 2.21. The molecule has 1 saturated heterocycles. The molecule has 3 N–H and O–H groups in total. The topological polar surface area (TPSA) is 90.5 Å². The number of carbonyl (C=O) groups is 3. The van der Waals surface area contributed by atoms with E-state index in [0.717, 1.165) is 16.5 Å². The van der Waals surface area contributed by atoms with Crippen LogP contribution in [0.3, 0.4) is 0 Å². The standard InChI is InChI=1S/C23H27BrN4O3/c1-15(2)26-23(31)27-19-11-5-16(6-12-19)14-25-21(29)20-4-3-13-28(20)22(30)17-7-9-18(24)10-8-17/h5-12,15,20H,3-4,13-14H2,1-2H3,(H,25,29)(H2,26,27,31). The van der Waals surface area contributed by atoms with Gasteiger partial charge in [0.05, 0.1) is 0 Å². The van der Waals surface area contributed by atoms with E-state index in [1.165, 1.54) is 0 Å². The van der Waals surface area contributed by atoms with Crippen molar-refractivity contribution in [3.05, 3.63) is 64.1 Å².